The number of hydrogen-bond acceptors (Lipinski definition) is 10. The number of nitriles is 2. The third-order valence-electron chi connectivity index (χ3n) is 5.52. The van der Waals surface area contributed by atoms with Crippen LogP contribution in [0.2, 0.25) is 12.6 Å². The van der Waals surface area contributed by atoms with Gasteiger partial charge in [-0.1, -0.05) is 25.5 Å². The SMILES string of the molecule is N#CB1CCCC(CNc2cc(Nc3cnc(C#N)cn3)nnc2C(=O)Nc2ccncc2)C1. The van der Waals surface area contributed by atoms with Crippen LogP contribution in [-0.2, 0) is 0 Å². The summed E-state index contributed by atoms with van der Waals surface area (Å²) in [5.41, 5.74) is 1.43. The van der Waals surface area contributed by atoms with E-state index in [-0.39, 0.29) is 18.1 Å². The Morgan fingerprint density at radius 3 is 2.74 bits per heavy atom. The normalized spacial score (nSPS) is 15.0. The monoisotopic (exact) mass is 452 g/mol. The number of aromatic nitrogens is 5. The van der Waals surface area contributed by atoms with Gasteiger partial charge >= 0.3 is 0 Å². The van der Waals surface area contributed by atoms with Crippen molar-refractivity contribution in [3.8, 4) is 12.0 Å². The molecule has 1 fully saturated rings. The van der Waals surface area contributed by atoms with Gasteiger partial charge < -0.3 is 16.0 Å². The van der Waals surface area contributed by atoms with Crippen LogP contribution in [0.25, 0.3) is 0 Å². The molecule has 4 heterocycles. The number of carbonyl (C=O) groups excluding carboxylic acids is 1. The van der Waals surface area contributed by atoms with Crippen LogP contribution in [0.15, 0.2) is 43.0 Å². The van der Waals surface area contributed by atoms with Crippen LogP contribution in [0.1, 0.15) is 29.0 Å². The lowest BCUT2D eigenvalue weighted by Gasteiger charge is -2.24. The van der Waals surface area contributed by atoms with E-state index in [2.05, 4.69) is 47.1 Å². The molecular formula is C22H21BN10O. The van der Waals surface area contributed by atoms with Gasteiger partial charge in [0, 0.05) is 36.7 Å². The van der Waals surface area contributed by atoms with Gasteiger partial charge in [-0.25, -0.2) is 15.2 Å². The van der Waals surface area contributed by atoms with Crippen molar-refractivity contribution in [3.05, 3.63) is 54.4 Å². The smallest absolute Gasteiger partial charge is 0.278 e. The minimum Gasteiger partial charge on any atom is -0.383 e. The molecule has 12 heteroatoms. The predicted molar refractivity (Wildman–Crippen MR) is 126 cm³/mol. The average Bonchev–Trinajstić information content (AvgIpc) is 2.88. The molecule has 0 radical (unpaired) electrons. The summed E-state index contributed by atoms with van der Waals surface area (Å²) < 4.78 is 0. The van der Waals surface area contributed by atoms with Gasteiger partial charge in [0.05, 0.1) is 18.1 Å². The van der Waals surface area contributed by atoms with E-state index < -0.39 is 5.91 Å². The van der Waals surface area contributed by atoms with Gasteiger partial charge in [-0.05, 0) is 18.1 Å². The first-order chi connectivity index (χ1) is 16.6. The summed E-state index contributed by atoms with van der Waals surface area (Å²) in [7, 11) is 0. The Kier molecular flexibility index (Phi) is 7.20. The van der Waals surface area contributed by atoms with Crippen LogP contribution in [0.3, 0.4) is 0 Å². The zero-order chi connectivity index (χ0) is 23.8. The first kappa shape index (κ1) is 22.6. The summed E-state index contributed by atoms with van der Waals surface area (Å²) in [4.78, 5) is 25.0. The van der Waals surface area contributed by atoms with E-state index in [0.29, 0.717) is 35.5 Å². The van der Waals surface area contributed by atoms with E-state index in [1.165, 1.54) is 12.4 Å². The Morgan fingerprint density at radius 2 is 2.00 bits per heavy atom. The van der Waals surface area contributed by atoms with Gasteiger partial charge in [0.2, 0.25) is 0 Å². The zero-order valence-electron chi connectivity index (χ0n) is 18.3. The highest BCUT2D eigenvalue weighted by atomic mass is 16.2. The van der Waals surface area contributed by atoms with E-state index in [0.717, 1.165) is 25.5 Å². The summed E-state index contributed by atoms with van der Waals surface area (Å²) in [6.07, 6.45) is 9.73. The molecule has 168 valence electrons. The van der Waals surface area contributed by atoms with Crippen molar-refractivity contribution in [2.75, 3.05) is 22.5 Å². The third-order valence-corrected chi connectivity index (χ3v) is 5.52. The maximum atomic E-state index is 12.9. The molecule has 4 rings (SSSR count). The zero-order valence-corrected chi connectivity index (χ0v) is 18.3. The van der Waals surface area contributed by atoms with Crippen molar-refractivity contribution in [3.63, 3.8) is 0 Å². The van der Waals surface area contributed by atoms with Crippen LogP contribution in [0.5, 0.6) is 0 Å². The Morgan fingerprint density at radius 1 is 1.15 bits per heavy atom. The number of nitrogens with one attached hydrogen (secondary N) is 3. The van der Waals surface area contributed by atoms with E-state index >= 15 is 0 Å². The number of rotatable bonds is 7. The Balaban J connectivity index is 1.54. The van der Waals surface area contributed by atoms with E-state index in [9.17, 15) is 10.1 Å². The van der Waals surface area contributed by atoms with Crippen LogP contribution >= 0.6 is 0 Å². The third kappa shape index (κ3) is 5.81. The van der Waals surface area contributed by atoms with Gasteiger partial charge in [-0.2, -0.15) is 5.26 Å². The first-order valence-corrected chi connectivity index (χ1v) is 10.9. The second kappa shape index (κ2) is 10.8. The largest absolute Gasteiger partial charge is 0.383 e. The van der Waals surface area contributed by atoms with Crippen molar-refractivity contribution in [1.82, 2.24) is 25.1 Å². The van der Waals surface area contributed by atoms with Crippen LogP contribution < -0.4 is 16.0 Å². The Bertz CT molecular complexity index is 1220. The quantitative estimate of drug-likeness (QED) is 0.454. The topological polar surface area (TPSA) is 165 Å². The van der Waals surface area contributed by atoms with Gasteiger partial charge in [0.1, 0.15) is 11.9 Å². The molecule has 1 amide bonds. The Hall–Kier alpha value is -4.58. The molecule has 34 heavy (non-hydrogen) atoms. The predicted octanol–water partition coefficient (Wildman–Crippen LogP) is 2.91. The first-order valence-electron chi connectivity index (χ1n) is 10.9. The fourth-order valence-electron chi connectivity index (χ4n) is 3.81. The van der Waals surface area contributed by atoms with Crippen LogP contribution in [0.4, 0.5) is 23.0 Å². The number of hydrogen-bond donors (Lipinski definition) is 3. The fraction of sp³-hybridized carbons (Fsp3) is 0.273. The molecule has 0 saturated carbocycles. The van der Waals surface area contributed by atoms with E-state index in [1.54, 1.807) is 30.6 Å². The molecule has 1 unspecified atom stereocenters. The number of amides is 1. The van der Waals surface area contributed by atoms with Crippen LogP contribution in [0, 0.1) is 28.5 Å². The second-order valence-corrected chi connectivity index (χ2v) is 7.95. The highest BCUT2D eigenvalue weighted by Crippen LogP contribution is 2.27. The number of anilines is 4. The van der Waals surface area contributed by atoms with Crippen molar-refractivity contribution in [1.29, 1.82) is 10.5 Å². The minimum absolute atomic E-state index is 0.0674. The van der Waals surface area contributed by atoms with Gasteiger partial charge in [0.25, 0.3) is 12.6 Å². The molecular weight excluding hydrogens is 431 g/mol. The summed E-state index contributed by atoms with van der Waals surface area (Å²) in [6, 6.07) is 6.96. The molecule has 0 aliphatic carbocycles. The lowest BCUT2D eigenvalue weighted by molar-refractivity contribution is 0.102. The molecule has 1 aliphatic rings. The summed E-state index contributed by atoms with van der Waals surface area (Å²) in [6.45, 7) is 0.674. The van der Waals surface area contributed by atoms with Crippen molar-refractivity contribution >= 4 is 35.6 Å². The molecule has 3 aromatic heterocycles. The lowest BCUT2D eigenvalue weighted by Crippen LogP contribution is -2.27. The summed E-state index contributed by atoms with van der Waals surface area (Å²) in [5.74, 6) is 3.03. The molecule has 3 aromatic rings. The molecule has 1 saturated heterocycles. The van der Waals surface area contributed by atoms with E-state index in [1.807, 2.05) is 6.07 Å². The van der Waals surface area contributed by atoms with Gasteiger partial charge in [-0.15, -0.1) is 10.2 Å². The summed E-state index contributed by atoms with van der Waals surface area (Å²) >= 11 is 0. The highest BCUT2D eigenvalue weighted by molar-refractivity contribution is 6.67. The van der Waals surface area contributed by atoms with Crippen LogP contribution in [-0.4, -0.2) is 44.3 Å². The molecule has 0 bridgehead atoms. The maximum absolute atomic E-state index is 12.9. The molecule has 1 aliphatic heterocycles. The number of carbonyl (C=O) groups is 1. The average molecular weight is 452 g/mol. The molecule has 11 nitrogen and oxygen atoms in total. The maximum Gasteiger partial charge on any atom is 0.278 e. The second-order valence-electron chi connectivity index (χ2n) is 7.95. The minimum atomic E-state index is -0.413. The summed E-state index contributed by atoms with van der Waals surface area (Å²) in [5, 5.41) is 35.5. The van der Waals surface area contributed by atoms with Crippen molar-refractivity contribution in [2.24, 2.45) is 5.92 Å². The fourth-order valence-corrected chi connectivity index (χ4v) is 3.81. The molecule has 0 aromatic carbocycles. The molecule has 1 atom stereocenters. The number of nitrogens with zero attached hydrogens (tertiary/aromatic N) is 7. The lowest BCUT2D eigenvalue weighted by atomic mass is 9.41. The van der Waals surface area contributed by atoms with Crippen molar-refractivity contribution in [2.45, 2.75) is 25.5 Å². The van der Waals surface area contributed by atoms with Gasteiger partial charge in [0.15, 0.2) is 17.2 Å². The standard InChI is InChI=1S/C22H21BN10O/c24-10-17-12-29-20(13-27-17)31-19-8-18(28-11-15-2-1-5-23(9-15)14-25)21(33-32-19)22(34)30-16-3-6-26-7-4-16/h3-4,6-8,12-13,15H,1-2,5,9,11H2,(H,26,30,34)(H2,28,29,31,32). The van der Waals surface area contributed by atoms with Crippen molar-refractivity contribution < 1.29 is 4.79 Å². The molecule has 3 N–H and O–H groups in total. The molecule has 0 spiro atoms. The number of pyridine rings is 1. The Labute approximate surface area is 196 Å². The van der Waals surface area contributed by atoms with E-state index in [4.69, 9.17) is 5.26 Å². The highest BCUT2D eigenvalue weighted by Gasteiger charge is 2.25. The van der Waals surface area contributed by atoms with Gasteiger partial charge in [-0.3, -0.25) is 9.78 Å².